The minimum absolute atomic E-state index is 0.0339. The lowest BCUT2D eigenvalue weighted by atomic mass is 9.97. The van der Waals surface area contributed by atoms with Crippen molar-refractivity contribution in [1.82, 2.24) is 5.32 Å². The van der Waals surface area contributed by atoms with E-state index in [9.17, 15) is 13.2 Å². The minimum Gasteiger partial charge on any atom is -0.385 e. The summed E-state index contributed by atoms with van der Waals surface area (Å²) in [5, 5.41) is 6.30. The van der Waals surface area contributed by atoms with Gasteiger partial charge in [0.25, 0.3) is 5.91 Å². The number of rotatable bonds is 2. The largest absolute Gasteiger partial charge is 0.385 e. The molecule has 0 spiro atoms. The number of benzene rings is 1. The van der Waals surface area contributed by atoms with Gasteiger partial charge in [-0.15, -0.1) is 0 Å². The van der Waals surface area contributed by atoms with Crippen molar-refractivity contribution in [3.05, 3.63) is 29.3 Å². The lowest BCUT2D eigenvalue weighted by molar-refractivity contribution is 0.0933. The molecule has 2 aliphatic rings. The predicted octanol–water partition coefficient (Wildman–Crippen LogP) is 1.35. The van der Waals surface area contributed by atoms with Crippen LogP contribution in [0.3, 0.4) is 0 Å². The van der Waals surface area contributed by atoms with Gasteiger partial charge in [0.05, 0.1) is 11.5 Å². The molecule has 1 saturated heterocycles. The van der Waals surface area contributed by atoms with Crippen molar-refractivity contribution in [2.45, 2.75) is 31.7 Å². The van der Waals surface area contributed by atoms with Crippen molar-refractivity contribution >= 4 is 21.4 Å². The Morgan fingerprint density at radius 3 is 2.76 bits per heavy atom. The van der Waals surface area contributed by atoms with Gasteiger partial charge in [-0.2, -0.15) is 0 Å². The molecule has 2 heterocycles. The van der Waals surface area contributed by atoms with Gasteiger partial charge >= 0.3 is 0 Å². The Labute approximate surface area is 125 Å². The Morgan fingerprint density at radius 2 is 2.00 bits per heavy atom. The van der Waals surface area contributed by atoms with Crippen molar-refractivity contribution in [1.29, 1.82) is 0 Å². The third kappa shape index (κ3) is 3.20. The zero-order valence-corrected chi connectivity index (χ0v) is 12.7. The molecule has 6 heteroatoms. The van der Waals surface area contributed by atoms with E-state index < -0.39 is 9.84 Å². The number of amides is 1. The summed E-state index contributed by atoms with van der Waals surface area (Å²) in [6, 6.07) is 5.70. The summed E-state index contributed by atoms with van der Waals surface area (Å²) in [5.74, 6) is 0.263. The fraction of sp³-hybridized carbons (Fsp3) is 0.533. The Kier molecular flexibility index (Phi) is 3.89. The second-order valence-corrected chi connectivity index (χ2v) is 8.07. The monoisotopic (exact) mass is 308 g/mol. The van der Waals surface area contributed by atoms with E-state index in [1.807, 2.05) is 18.2 Å². The van der Waals surface area contributed by atoms with E-state index in [2.05, 4.69) is 10.6 Å². The summed E-state index contributed by atoms with van der Waals surface area (Å²) < 4.78 is 22.8. The van der Waals surface area contributed by atoms with Crippen LogP contribution in [0.15, 0.2) is 18.2 Å². The Balaban J connectivity index is 1.72. The number of hydrogen-bond donors (Lipinski definition) is 2. The number of hydrogen-bond acceptors (Lipinski definition) is 4. The van der Waals surface area contributed by atoms with Crippen molar-refractivity contribution in [2.75, 3.05) is 23.4 Å². The molecule has 0 aliphatic carbocycles. The molecule has 1 aromatic carbocycles. The molecule has 0 bridgehead atoms. The Hall–Kier alpha value is -1.56. The number of carbonyl (C=O) groups is 1. The first-order valence-corrected chi connectivity index (χ1v) is 9.24. The van der Waals surface area contributed by atoms with E-state index in [1.165, 1.54) is 0 Å². The van der Waals surface area contributed by atoms with Crippen LogP contribution >= 0.6 is 0 Å². The lowest BCUT2D eigenvalue weighted by Crippen LogP contribution is -2.41. The Morgan fingerprint density at radius 1 is 1.24 bits per heavy atom. The van der Waals surface area contributed by atoms with Crippen molar-refractivity contribution in [3.63, 3.8) is 0 Å². The molecular weight excluding hydrogens is 288 g/mol. The van der Waals surface area contributed by atoms with E-state index in [0.29, 0.717) is 18.4 Å². The summed E-state index contributed by atoms with van der Waals surface area (Å²) in [6.45, 7) is 0.943. The second kappa shape index (κ2) is 5.67. The molecule has 1 aromatic rings. The SMILES string of the molecule is O=C(NC1CCS(=O)(=O)CC1)c1cccc2c1CCCN2. The molecule has 21 heavy (non-hydrogen) atoms. The third-order valence-electron chi connectivity index (χ3n) is 4.23. The molecule has 0 saturated carbocycles. The summed E-state index contributed by atoms with van der Waals surface area (Å²) >= 11 is 0. The van der Waals surface area contributed by atoms with Crippen LogP contribution in [0.25, 0.3) is 0 Å². The van der Waals surface area contributed by atoms with Crippen LogP contribution in [0, 0.1) is 0 Å². The van der Waals surface area contributed by atoms with Crippen molar-refractivity contribution < 1.29 is 13.2 Å². The van der Waals surface area contributed by atoms with E-state index in [-0.39, 0.29) is 23.5 Å². The van der Waals surface area contributed by atoms with Crippen LogP contribution in [0.4, 0.5) is 5.69 Å². The Bertz CT molecular complexity index is 641. The molecule has 2 aliphatic heterocycles. The summed E-state index contributed by atoms with van der Waals surface area (Å²) in [7, 11) is -2.89. The normalized spacial score (nSPS) is 21.1. The molecule has 3 rings (SSSR count). The van der Waals surface area contributed by atoms with Gasteiger partial charge in [0, 0.05) is 23.8 Å². The van der Waals surface area contributed by atoms with Crippen LogP contribution in [-0.4, -0.2) is 38.4 Å². The van der Waals surface area contributed by atoms with Gasteiger partial charge in [0.2, 0.25) is 0 Å². The first-order chi connectivity index (χ1) is 10.1. The predicted molar refractivity (Wildman–Crippen MR) is 82.4 cm³/mol. The van der Waals surface area contributed by atoms with Crippen molar-refractivity contribution in [3.8, 4) is 0 Å². The summed E-state index contributed by atoms with van der Waals surface area (Å²) in [6.07, 6.45) is 2.96. The van der Waals surface area contributed by atoms with Gasteiger partial charge in [-0.05, 0) is 43.4 Å². The summed E-state index contributed by atoms with van der Waals surface area (Å²) in [4.78, 5) is 12.5. The first kappa shape index (κ1) is 14.4. The van der Waals surface area contributed by atoms with E-state index in [1.54, 1.807) is 0 Å². The minimum atomic E-state index is -2.89. The maximum Gasteiger partial charge on any atom is 0.251 e. The van der Waals surface area contributed by atoms with Gasteiger partial charge in [-0.1, -0.05) is 6.07 Å². The quantitative estimate of drug-likeness (QED) is 0.865. The average molecular weight is 308 g/mol. The number of fused-ring (bicyclic) bond motifs is 1. The molecular formula is C15H20N2O3S. The highest BCUT2D eigenvalue weighted by atomic mass is 32.2. The molecule has 0 aromatic heterocycles. The van der Waals surface area contributed by atoms with Crippen molar-refractivity contribution in [2.24, 2.45) is 0 Å². The topological polar surface area (TPSA) is 75.3 Å². The highest BCUT2D eigenvalue weighted by Crippen LogP contribution is 2.25. The van der Waals surface area contributed by atoms with Crippen LogP contribution in [0.2, 0.25) is 0 Å². The lowest BCUT2D eigenvalue weighted by Gasteiger charge is -2.25. The molecule has 2 N–H and O–H groups in total. The second-order valence-electron chi connectivity index (χ2n) is 5.76. The smallest absolute Gasteiger partial charge is 0.251 e. The fourth-order valence-corrected chi connectivity index (χ4v) is 4.51. The molecule has 1 fully saturated rings. The zero-order chi connectivity index (χ0) is 14.9. The van der Waals surface area contributed by atoms with E-state index >= 15 is 0 Å². The molecule has 0 unspecified atom stereocenters. The highest BCUT2D eigenvalue weighted by molar-refractivity contribution is 7.91. The first-order valence-electron chi connectivity index (χ1n) is 7.42. The average Bonchev–Trinajstić information content (AvgIpc) is 2.49. The van der Waals surface area contributed by atoms with E-state index in [0.717, 1.165) is 30.6 Å². The van der Waals surface area contributed by atoms with Gasteiger partial charge in [-0.25, -0.2) is 8.42 Å². The number of nitrogens with one attached hydrogen (secondary N) is 2. The highest BCUT2D eigenvalue weighted by Gasteiger charge is 2.26. The standard InChI is InChI=1S/C15H20N2O3S/c18-15(17-11-6-9-21(19,20)10-7-11)13-3-1-5-14-12(13)4-2-8-16-14/h1,3,5,11,16H,2,4,6-10H2,(H,17,18). The maximum atomic E-state index is 12.5. The van der Waals surface area contributed by atoms with E-state index in [4.69, 9.17) is 0 Å². The maximum absolute atomic E-state index is 12.5. The van der Waals surface area contributed by atoms with Gasteiger partial charge in [0.15, 0.2) is 0 Å². The van der Waals surface area contributed by atoms with Gasteiger partial charge in [-0.3, -0.25) is 4.79 Å². The third-order valence-corrected chi connectivity index (χ3v) is 5.94. The fourth-order valence-electron chi connectivity index (χ4n) is 3.02. The van der Waals surface area contributed by atoms with Crippen LogP contribution in [0.1, 0.15) is 35.2 Å². The van der Waals surface area contributed by atoms with Gasteiger partial charge in [0.1, 0.15) is 9.84 Å². The van der Waals surface area contributed by atoms with Crippen LogP contribution < -0.4 is 10.6 Å². The molecule has 5 nitrogen and oxygen atoms in total. The van der Waals surface area contributed by atoms with Crippen LogP contribution in [0.5, 0.6) is 0 Å². The van der Waals surface area contributed by atoms with Gasteiger partial charge < -0.3 is 10.6 Å². The molecule has 0 atom stereocenters. The number of sulfone groups is 1. The number of carbonyl (C=O) groups excluding carboxylic acids is 1. The molecule has 1 amide bonds. The van der Waals surface area contributed by atoms with Crippen LogP contribution in [-0.2, 0) is 16.3 Å². The zero-order valence-electron chi connectivity index (χ0n) is 11.9. The summed E-state index contributed by atoms with van der Waals surface area (Å²) in [5.41, 5.74) is 2.83. The molecule has 114 valence electrons. The molecule has 0 radical (unpaired) electrons. The number of anilines is 1.